The van der Waals surface area contributed by atoms with Gasteiger partial charge in [-0.1, -0.05) is 27.7 Å². The summed E-state index contributed by atoms with van der Waals surface area (Å²) in [7, 11) is 0. The number of fused-ring (bicyclic) bond motifs is 1. The van der Waals surface area contributed by atoms with Gasteiger partial charge in [0.25, 0.3) is 5.91 Å². The van der Waals surface area contributed by atoms with Crippen molar-refractivity contribution in [2.45, 2.75) is 27.7 Å². The lowest BCUT2D eigenvalue weighted by molar-refractivity contribution is 0.0949. The molecule has 1 heterocycles. The maximum Gasteiger partial charge on any atom is 0.251 e. The first-order valence-corrected chi connectivity index (χ1v) is 6.17. The number of carbonyl (C=O) groups excluding carboxylic acids is 1. The zero-order valence-electron chi connectivity index (χ0n) is 11.2. The van der Waals surface area contributed by atoms with Crippen LogP contribution in [0, 0.1) is 5.92 Å². The quantitative estimate of drug-likeness (QED) is 0.908. The number of benzene rings is 1. The van der Waals surface area contributed by atoms with Crippen LogP contribution in [0.1, 0.15) is 38.1 Å². The number of nitrogens with one attached hydrogen (secondary N) is 1. The van der Waals surface area contributed by atoms with Crippen LogP contribution in [0.4, 0.5) is 0 Å². The van der Waals surface area contributed by atoms with Crippen LogP contribution >= 0.6 is 0 Å². The third kappa shape index (κ3) is 3.55. The Bertz CT molecular complexity index is 506. The van der Waals surface area contributed by atoms with E-state index in [2.05, 4.69) is 20.3 Å². The number of rotatable bonds is 3. The summed E-state index contributed by atoms with van der Waals surface area (Å²) in [5.41, 5.74) is 1.82. The Kier molecular flexibility index (Phi) is 5.30. The van der Waals surface area contributed by atoms with Gasteiger partial charge in [0.05, 0.1) is 0 Å². The number of amides is 1. The lowest BCUT2D eigenvalue weighted by atomic mass is 10.1. The van der Waals surface area contributed by atoms with Gasteiger partial charge in [-0.3, -0.25) is 4.79 Å². The van der Waals surface area contributed by atoms with E-state index in [1.807, 2.05) is 27.7 Å². The molecule has 0 aliphatic rings. The number of hydrogen-bond acceptors (Lipinski definition) is 4. The minimum atomic E-state index is -0.0985. The molecule has 0 aliphatic carbocycles. The molecule has 5 heteroatoms. The first kappa shape index (κ1) is 14.2. The minimum Gasteiger partial charge on any atom is -0.352 e. The van der Waals surface area contributed by atoms with Gasteiger partial charge in [-0.25, -0.2) is 4.63 Å². The molecule has 98 valence electrons. The number of hydrogen-bond donors (Lipinski definition) is 1. The van der Waals surface area contributed by atoms with Crippen molar-refractivity contribution in [2.24, 2.45) is 5.92 Å². The van der Waals surface area contributed by atoms with Crippen molar-refractivity contribution in [2.75, 3.05) is 6.54 Å². The van der Waals surface area contributed by atoms with Gasteiger partial charge in [-0.2, -0.15) is 0 Å². The molecule has 0 fully saturated rings. The largest absolute Gasteiger partial charge is 0.352 e. The van der Waals surface area contributed by atoms with E-state index in [1.165, 1.54) is 0 Å². The summed E-state index contributed by atoms with van der Waals surface area (Å²) >= 11 is 0. The fraction of sp³-hybridized carbons (Fsp3) is 0.462. The van der Waals surface area contributed by atoms with Crippen LogP contribution < -0.4 is 5.32 Å². The summed E-state index contributed by atoms with van der Waals surface area (Å²) in [6.07, 6.45) is 0. The second kappa shape index (κ2) is 6.74. The predicted octanol–water partition coefficient (Wildman–Crippen LogP) is 2.63. The maximum absolute atomic E-state index is 11.7. The molecule has 0 atom stereocenters. The number of carbonyl (C=O) groups is 1. The second-order valence-corrected chi connectivity index (χ2v) is 4.07. The van der Waals surface area contributed by atoms with Crippen LogP contribution in [0.25, 0.3) is 11.0 Å². The average molecular weight is 249 g/mol. The Balaban J connectivity index is 0.000000771. The van der Waals surface area contributed by atoms with Crippen molar-refractivity contribution in [3.8, 4) is 0 Å². The van der Waals surface area contributed by atoms with E-state index < -0.39 is 0 Å². The SMILES string of the molecule is CC.CC(C)CNC(=O)c1ccc2nonc2c1. The van der Waals surface area contributed by atoms with E-state index in [1.54, 1.807) is 18.2 Å². The van der Waals surface area contributed by atoms with Gasteiger partial charge in [0.1, 0.15) is 11.0 Å². The van der Waals surface area contributed by atoms with E-state index in [0.717, 1.165) is 0 Å². The van der Waals surface area contributed by atoms with Crippen LogP contribution in [-0.4, -0.2) is 22.8 Å². The molecule has 0 saturated carbocycles. The molecular weight excluding hydrogens is 230 g/mol. The fourth-order valence-electron chi connectivity index (χ4n) is 1.32. The van der Waals surface area contributed by atoms with Gasteiger partial charge in [0, 0.05) is 12.1 Å². The number of aromatic nitrogens is 2. The van der Waals surface area contributed by atoms with Crippen molar-refractivity contribution in [1.29, 1.82) is 0 Å². The molecule has 1 aromatic heterocycles. The van der Waals surface area contributed by atoms with Gasteiger partial charge in [0.15, 0.2) is 0 Å². The molecule has 2 aromatic rings. The predicted molar refractivity (Wildman–Crippen MR) is 70.3 cm³/mol. The molecule has 1 amide bonds. The first-order valence-electron chi connectivity index (χ1n) is 6.17. The van der Waals surface area contributed by atoms with E-state index in [-0.39, 0.29) is 5.91 Å². The van der Waals surface area contributed by atoms with Crippen molar-refractivity contribution in [3.05, 3.63) is 23.8 Å². The molecular formula is C13H19N3O2. The van der Waals surface area contributed by atoms with Crippen LogP contribution in [-0.2, 0) is 0 Å². The first-order chi connectivity index (χ1) is 8.66. The Morgan fingerprint density at radius 1 is 1.28 bits per heavy atom. The summed E-state index contributed by atoms with van der Waals surface area (Å²) in [5, 5.41) is 10.2. The van der Waals surface area contributed by atoms with E-state index in [0.29, 0.717) is 29.1 Å². The molecule has 5 nitrogen and oxygen atoms in total. The molecule has 0 bridgehead atoms. The Labute approximate surface area is 107 Å². The Morgan fingerprint density at radius 3 is 2.61 bits per heavy atom. The van der Waals surface area contributed by atoms with Gasteiger partial charge >= 0.3 is 0 Å². The lowest BCUT2D eigenvalue weighted by Crippen LogP contribution is -2.27. The van der Waals surface area contributed by atoms with Gasteiger partial charge in [-0.05, 0) is 34.4 Å². The topological polar surface area (TPSA) is 68.0 Å². The summed E-state index contributed by atoms with van der Waals surface area (Å²) in [4.78, 5) is 11.7. The molecule has 0 saturated heterocycles. The molecule has 0 aliphatic heterocycles. The lowest BCUT2D eigenvalue weighted by Gasteiger charge is -2.06. The standard InChI is InChI=1S/C11H13N3O2.C2H6/c1-7(2)6-12-11(15)8-3-4-9-10(5-8)14-16-13-9;1-2/h3-5,7H,6H2,1-2H3,(H,12,15);1-2H3. The van der Waals surface area contributed by atoms with Crippen LogP contribution in [0.15, 0.2) is 22.8 Å². The van der Waals surface area contributed by atoms with Gasteiger partial charge in [0.2, 0.25) is 0 Å². The number of nitrogens with zero attached hydrogens (tertiary/aromatic N) is 2. The normalized spacial score (nSPS) is 10.1. The highest BCUT2D eigenvalue weighted by molar-refractivity contribution is 5.97. The molecule has 1 N–H and O–H groups in total. The van der Waals surface area contributed by atoms with Crippen LogP contribution in [0.2, 0.25) is 0 Å². The summed E-state index contributed by atoms with van der Waals surface area (Å²) in [6, 6.07) is 5.10. The Morgan fingerprint density at radius 2 is 1.94 bits per heavy atom. The highest BCUT2D eigenvalue weighted by Crippen LogP contribution is 2.11. The monoisotopic (exact) mass is 249 g/mol. The average Bonchev–Trinajstić information content (AvgIpc) is 2.85. The van der Waals surface area contributed by atoms with E-state index in [9.17, 15) is 4.79 Å². The molecule has 0 radical (unpaired) electrons. The maximum atomic E-state index is 11.7. The van der Waals surface area contributed by atoms with Crippen molar-refractivity contribution in [3.63, 3.8) is 0 Å². The van der Waals surface area contributed by atoms with Crippen molar-refractivity contribution < 1.29 is 9.42 Å². The zero-order chi connectivity index (χ0) is 13.5. The summed E-state index contributed by atoms with van der Waals surface area (Å²) < 4.78 is 4.57. The van der Waals surface area contributed by atoms with Crippen LogP contribution in [0.3, 0.4) is 0 Å². The molecule has 0 spiro atoms. The van der Waals surface area contributed by atoms with Gasteiger partial charge < -0.3 is 5.32 Å². The third-order valence-electron chi connectivity index (χ3n) is 2.19. The van der Waals surface area contributed by atoms with E-state index in [4.69, 9.17) is 0 Å². The van der Waals surface area contributed by atoms with Crippen LogP contribution in [0.5, 0.6) is 0 Å². The molecule has 0 unspecified atom stereocenters. The second-order valence-electron chi connectivity index (χ2n) is 4.07. The summed E-state index contributed by atoms with van der Waals surface area (Å²) in [6.45, 7) is 8.75. The fourth-order valence-corrected chi connectivity index (χ4v) is 1.32. The highest BCUT2D eigenvalue weighted by Gasteiger charge is 2.08. The molecule has 18 heavy (non-hydrogen) atoms. The van der Waals surface area contributed by atoms with Gasteiger partial charge in [-0.15, -0.1) is 0 Å². The smallest absolute Gasteiger partial charge is 0.251 e. The van der Waals surface area contributed by atoms with Crippen molar-refractivity contribution in [1.82, 2.24) is 15.6 Å². The zero-order valence-corrected chi connectivity index (χ0v) is 11.2. The summed E-state index contributed by atoms with van der Waals surface area (Å²) in [5.74, 6) is 0.333. The van der Waals surface area contributed by atoms with E-state index >= 15 is 0 Å². The minimum absolute atomic E-state index is 0.0985. The molecule has 2 rings (SSSR count). The third-order valence-corrected chi connectivity index (χ3v) is 2.19. The van der Waals surface area contributed by atoms with Crippen molar-refractivity contribution >= 4 is 16.9 Å². The Hall–Kier alpha value is -1.91. The highest BCUT2D eigenvalue weighted by atomic mass is 16.6. The molecule has 1 aromatic carbocycles.